The quantitative estimate of drug-likeness (QED) is 0.367. The van der Waals surface area contributed by atoms with Crippen molar-refractivity contribution in [1.82, 2.24) is 0 Å². The molecule has 1 atom stereocenters. The lowest BCUT2D eigenvalue weighted by Gasteiger charge is -2.13. The lowest BCUT2D eigenvalue weighted by atomic mass is 10.1. The SMILES string of the molecule is C=CCOCC(CC)CS(=O)(=O)ON. The zero-order chi connectivity index (χ0) is 11.0. The number of ether oxygens (including phenoxy) is 1. The predicted octanol–water partition coefficient (Wildman–Crippen LogP) is 0.435. The molecular formula is C8H17NO4S. The Labute approximate surface area is 85.0 Å². The van der Waals surface area contributed by atoms with E-state index in [-0.39, 0.29) is 11.7 Å². The summed E-state index contributed by atoms with van der Waals surface area (Å²) < 4.78 is 31.0. The van der Waals surface area contributed by atoms with Crippen LogP contribution in [0.4, 0.5) is 0 Å². The topological polar surface area (TPSA) is 78.6 Å². The largest absolute Gasteiger partial charge is 0.377 e. The molecule has 0 radical (unpaired) electrons. The fraction of sp³-hybridized carbons (Fsp3) is 0.750. The standard InChI is InChI=1S/C8H17NO4S/c1-3-5-12-6-8(4-2)7-14(10,11)13-9/h3,8H,1,4-7,9H2,2H3. The van der Waals surface area contributed by atoms with Gasteiger partial charge in [0.25, 0.3) is 10.1 Å². The number of hydrogen-bond acceptors (Lipinski definition) is 5. The molecule has 5 nitrogen and oxygen atoms in total. The van der Waals surface area contributed by atoms with Gasteiger partial charge in [-0.05, 0) is 5.92 Å². The molecule has 0 fully saturated rings. The molecule has 0 aromatic rings. The molecule has 0 spiro atoms. The lowest BCUT2D eigenvalue weighted by Crippen LogP contribution is -2.24. The van der Waals surface area contributed by atoms with Crippen LogP contribution in [-0.2, 0) is 19.1 Å². The first kappa shape index (κ1) is 13.6. The van der Waals surface area contributed by atoms with Crippen LogP contribution in [-0.4, -0.2) is 27.4 Å². The second kappa shape index (κ2) is 6.94. The van der Waals surface area contributed by atoms with Crippen LogP contribution in [0, 0.1) is 5.92 Å². The van der Waals surface area contributed by atoms with Crippen molar-refractivity contribution in [3.05, 3.63) is 12.7 Å². The van der Waals surface area contributed by atoms with Crippen molar-refractivity contribution in [1.29, 1.82) is 0 Å². The minimum atomic E-state index is -3.60. The highest BCUT2D eigenvalue weighted by atomic mass is 32.2. The average Bonchev–Trinajstić information content (AvgIpc) is 2.16. The molecule has 1 unspecified atom stereocenters. The third kappa shape index (κ3) is 6.09. The van der Waals surface area contributed by atoms with E-state index in [4.69, 9.17) is 4.74 Å². The van der Waals surface area contributed by atoms with Gasteiger partial charge in [-0.25, -0.2) is 0 Å². The van der Waals surface area contributed by atoms with Gasteiger partial charge in [0.15, 0.2) is 0 Å². The van der Waals surface area contributed by atoms with Crippen LogP contribution >= 0.6 is 0 Å². The lowest BCUT2D eigenvalue weighted by molar-refractivity contribution is 0.127. The molecule has 0 amide bonds. The molecule has 0 heterocycles. The third-order valence-corrected chi connectivity index (χ3v) is 2.93. The fourth-order valence-electron chi connectivity index (χ4n) is 0.930. The van der Waals surface area contributed by atoms with E-state index in [1.165, 1.54) is 0 Å². The Kier molecular flexibility index (Phi) is 6.73. The summed E-state index contributed by atoms with van der Waals surface area (Å²) in [6.07, 6.45) is 2.31. The molecule has 0 aliphatic rings. The first-order valence-electron chi connectivity index (χ1n) is 4.35. The molecule has 0 saturated carbocycles. The predicted molar refractivity (Wildman–Crippen MR) is 53.9 cm³/mol. The Morgan fingerprint density at radius 1 is 1.57 bits per heavy atom. The van der Waals surface area contributed by atoms with Crippen molar-refractivity contribution in [2.24, 2.45) is 11.8 Å². The van der Waals surface area contributed by atoms with Gasteiger partial charge in [-0.1, -0.05) is 19.4 Å². The summed E-state index contributed by atoms with van der Waals surface area (Å²) >= 11 is 0. The average molecular weight is 223 g/mol. The Balaban J connectivity index is 3.96. The van der Waals surface area contributed by atoms with Gasteiger partial charge in [-0.15, -0.1) is 6.58 Å². The number of hydrogen-bond donors (Lipinski definition) is 1. The summed E-state index contributed by atoms with van der Waals surface area (Å²) in [5.74, 6) is 4.41. The summed E-state index contributed by atoms with van der Waals surface area (Å²) in [7, 11) is -3.60. The molecular weight excluding hydrogens is 206 g/mol. The van der Waals surface area contributed by atoms with Gasteiger partial charge in [-0.3, -0.25) is 0 Å². The summed E-state index contributed by atoms with van der Waals surface area (Å²) in [5.41, 5.74) is 0. The van der Waals surface area contributed by atoms with Gasteiger partial charge in [0.1, 0.15) is 0 Å². The van der Waals surface area contributed by atoms with Gasteiger partial charge in [0.05, 0.1) is 19.0 Å². The summed E-state index contributed by atoms with van der Waals surface area (Å²) in [6.45, 7) is 6.15. The van der Waals surface area contributed by atoms with Gasteiger partial charge in [0.2, 0.25) is 0 Å². The Morgan fingerprint density at radius 2 is 2.21 bits per heavy atom. The van der Waals surface area contributed by atoms with Crippen molar-refractivity contribution >= 4 is 10.1 Å². The summed E-state index contributed by atoms with van der Waals surface area (Å²) in [4.78, 5) is 0. The highest BCUT2D eigenvalue weighted by Crippen LogP contribution is 2.07. The maximum Gasteiger partial charge on any atom is 0.283 e. The molecule has 0 rings (SSSR count). The summed E-state index contributed by atoms with van der Waals surface area (Å²) in [5, 5.41) is 0. The second-order valence-electron chi connectivity index (χ2n) is 2.92. The van der Waals surface area contributed by atoms with Crippen LogP contribution in [0.15, 0.2) is 12.7 Å². The Morgan fingerprint density at radius 3 is 2.64 bits per heavy atom. The first-order chi connectivity index (χ1) is 6.55. The zero-order valence-electron chi connectivity index (χ0n) is 8.31. The number of rotatable bonds is 8. The van der Waals surface area contributed by atoms with E-state index in [0.29, 0.717) is 19.6 Å². The van der Waals surface area contributed by atoms with E-state index in [0.717, 1.165) is 0 Å². The Bertz CT molecular complexity index is 250. The van der Waals surface area contributed by atoms with Crippen molar-refractivity contribution < 1.29 is 17.4 Å². The molecule has 0 aliphatic heterocycles. The van der Waals surface area contributed by atoms with Gasteiger partial charge >= 0.3 is 0 Å². The van der Waals surface area contributed by atoms with Crippen LogP contribution in [0.2, 0.25) is 0 Å². The van der Waals surface area contributed by atoms with Crippen LogP contribution in [0.5, 0.6) is 0 Å². The molecule has 2 N–H and O–H groups in total. The zero-order valence-corrected chi connectivity index (χ0v) is 9.13. The van der Waals surface area contributed by atoms with Crippen LogP contribution < -0.4 is 5.90 Å². The van der Waals surface area contributed by atoms with Crippen LogP contribution in [0.25, 0.3) is 0 Å². The molecule has 0 aromatic heterocycles. The monoisotopic (exact) mass is 223 g/mol. The molecule has 14 heavy (non-hydrogen) atoms. The van der Waals surface area contributed by atoms with Gasteiger partial charge in [0, 0.05) is 0 Å². The van der Waals surface area contributed by atoms with Crippen molar-refractivity contribution in [2.45, 2.75) is 13.3 Å². The van der Waals surface area contributed by atoms with E-state index >= 15 is 0 Å². The molecule has 6 heteroatoms. The van der Waals surface area contributed by atoms with Crippen molar-refractivity contribution in [2.75, 3.05) is 19.0 Å². The fourth-order valence-corrected chi connectivity index (χ4v) is 1.92. The molecule has 0 saturated heterocycles. The van der Waals surface area contributed by atoms with E-state index in [1.54, 1.807) is 6.08 Å². The minimum absolute atomic E-state index is 0.0940. The molecule has 0 bridgehead atoms. The van der Waals surface area contributed by atoms with E-state index in [2.05, 4.69) is 16.8 Å². The van der Waals surface area contributed by atoms with Crippen LogP contribution in [0.3, 0.4) is 0 Å². The first-order valence-corrected chi connectivity index (χ1v) is 5.93. The van der Waals surface area contributed by atoms with E-state index in [1.807, 2.05) is 6.92 Å². The van der Waals surface area contributed by atoms with Gasteiger partial charge in [-0.2, -0.15) is 18.6 Å². The van der Waals surface area contributed by atoms with Crippen molar-refractivity contribution in [3.63, 3.8) is 0 Å². The van der Waals surface area contributed by atoms with E-state index in [9.17, 15) is 8.42 Å². The normalized spacial score (nSPS) is 13.9. The maximum absolute atomic E-state index is 11.0. The highest BCUT2D eigenvalue weighted by Gasteiger charge is 2.17. The Hall–Kier alpha value is -0.430. The molecule has 84 valence electrons. The minimum Gasteiger partial charge on any atom is -0.377 e. The number of nitrogens with two attached hydrogens (primary N) is 1. The van der Waals surface area contributed by atoms with E-state index < -0.39 is 10.1 Å². The summed E-state index contributed by atoms with van der Waals surface area (Å²) in [6, 6.07) is 0. The second-order valence-corrected chi connectivity index (χ2v) is 4.56. The van der Waals surface area contributed by atoms with Crippen LogP contribution in [0.1, 0.15) is 13.3 Å². The van der Waals surface area contributed by atoms with Gasteiger partial charge < -0.3 is 4.74 Å². The smallest absolute Gasteiger partial charge is 0.283 e. The van der Waals surface area contributed by atoms with Crippen molar-refractivity contribution in [3.8, 4) is 0 Å². The maximum atomic E-state index is 11.0. The highest BCUT2D eigenvalue weighted by molar-refractivity contribution is 7.86. The third-order valence-electron chi connectivity index (χ3n) is 1.75. The molecule has 0 aliphatic carbocycles. The molecule has 0 aromatic carbocycles.